The molecular weight excluding hydrogens is 522 g/mol. The first-order valence-electron chi connectivity index (χ1n) is 10.5. The summed E-state index contributed by atoms with van der Waals surface area (Å²) < 4.78 is 38.6. The first kappa shape index (κ1) is 35.8. The molecule has 36 heavy (non-hydrogen) atoms. The van der Waals surface area contributed by atoms with Crippen LogP contribution in [0.15, 0.2) is 18.2 Å². The van der Waals surface area contributed by atoms with Gasteiger partial charge in [-0.25, -0.2) is 0 Å². The standard InChI is InChI=1S/C20H25ClF3N7.ClH.4H3N.4H2/c21-15-13-14(20(22,23)24)7-8-16(15)28-29-17-25-18(30-9-3-1-4-10-30)27-19(26-17)31-11-5-2-6-12-31;;;;;;;;;/h7-8,13,28H,1-6,9-12H2,(H,25,26,27,29);1H;4*1H3;4*1H. The quantitative estimate of drug-likeness (QED) is 0.202. The monoisotopic (exact) mass is 567 g/mol. The predicted molar refractivity (Wildman–Crippen MR) is 151 cm³/mol. The molecule has 2 aliphatic rings. The molecule has 0 amide bonds. The fourth-order valence-corrected chi connectivity index (χ4v) is 4.02. The molecule has 16 heteroatoms. The highest BCUT2D eigenvalue weighted by Gasteiger charge is 2.31. The normalized spacial score (nSPS) is 15.1. The highest BCUT2D eigenvalue weighted by molar-refractivity contribution is 6.33. The van der Waals surface area contributed by atoms with Crippen LogP contribution in [0.25, 0.3) is 0 Å². The minimum absolute atomic E-state index is 0. The van der Waals surface area contributed by atoms with E-state index in [2.05, 4.69) is 30.6 Å². The first-order chi connectivity index (χ1) is 14.9. The molecular formula is C20H46Cl2F3N11. The molecule has 0 bridgehead atoms. The fraction of sp³-hybridized carbons (Fsp3) is 0.550. The number of hydrogen-bond acceptors (Lipinski definition) is 11. The topological polar surface area (TPSA) is 209 Å². The van der Waals surface area contributed by atoms with Gasteiger partial charge in [0.1, 0.15) is 0 Å². The summed E-state index contributed by atoms with van der Waals surface area (Å²) in [5.74, 6) is 1.52. The minimum Gasteiger partial charge on any atom is -0.344 e. The van der Waals surface area contributed by atoms with E-state index < -0.39 is 11.7 Å². The number of anilines is 4. The van der Waals surface area contributed by atoms with Crippen LogP contribution in [0.3, 0.4) is 0 Å². The third-order valence-corrected chi connectivity index (χ3v) is 5.81. The average molecular weight is 569 g/mol. The van der Waals surface area contributed by atoms with Gasteiger partial charge in [-0.1, -0.05) is 11.6 Å². The summed E-state index contributed by atoms with van der Waals surface area (Å²) in [6.45, 7) is 3.56. The SMILES string of the molecule is Cl.FC(F)(F)c1ccc(NNc2nc(N3CCCCC3)nc(N3CCCCC3)n2)c(Cl)c1.N.N.N.N.[HH].[HH].[HH].[HH]. The maximum Gasteiger partial charge on any atom is 0.416 e. The highest BCUT2D eigenvalue weighted by Crippen LogP contribution is 2.33. The molecule has 2 aliphatic heterocycles. The molecule has 0 aliphatic carbocycles. The number of nitrogens with zero attached hydrogens (tertiary/aromatic N) is 5. The Labute approximate surface area is 226 Å². The van der Waals surface area contributed by atoms with Crippen molar-refractivity contribution in [2.24, 2.45) is 0 Å². The Balaban J connectivity index is -0.000000321. The molecule has 0 unspecified atom stereocenters. The van der Waals surface area contributed by atoms with Gasteiger partial charge in [-0.05, 0) is 56.7 Å². The largest absolute Gasteiger partial charge is 0.416 e. The van der Waals surface area contributed by atoms with Gasteiger partial charge in [-0.3, -0.25) is 10.9 Å². The molecule has 1 aromatic carbocycles. The number of alkyl halides is 3. The Morgan fingerprint density at radius 3 is 1.64 bits per heavy atom. The van der Waals surface area contributed by atoms with E-state index in [0.717, 1.165) is 64.0 Å². The van der Waals surface area contributed by atoms with E-state index in [1.807, 2.05) is 0 Å². The number of benzene rings is 1. The van der Waals surface area contributed by atoms with Crippen LogP contribution >= 0.6 is 24.0 Å². The molecule has 2 saturated heterocycles. The number of hydrazine groups is 1. The van der Waals surface area contributed by atoms with Crippen molar-refractivity contribution in [3.05, 3.63) is 28.8 Å². The van der Waals surface area contributed by atoms with Crippen LogP contribution in [0.4, 0.5) is 36.7 Å². The molecule has 0 atom stereocenters. The molecule has 2 aromatic rings. The molecule has 1 aromatic heterocycles. The Morgan fingerprint density at radius 2 is 1.22 bits per heavy atom. The van der Waals surface area contributed by atoms with E-state index in [0.29, 0.717) is 23.5 Å². The van der Waals surface area contributed by atoms with Gasteiger partial charge >= 0.3 is 6.18 Å². The average Bonchev–Trinajstić information content (AvgIpc) is 2.78. The molecule has 0 radical (unpaired) electrons. The van der Waals surface area contributed by atoms with E-state index >= 15 is 0 Å². The van der Waals surface area contributed by atoms with E-state index in [1.54, 1.807) is 0 Å². The summed E-state index contributed by atoms with van der Waals surface area (Å²) in [6.07, 6.45) is 2.30. The van der Waals surface area contributed by atoms with Crippen molar-refractivity contribution in [2.75, 3.05) is 46.8 Å². The second-order valence-corrected chi connectivity index (χ2v) is 8.20. The zero-order valence-electron chi connectivity index (χ0n) is 20.3. The van der Waals surface area contributed by atoms with Crippen LogP contribution in [0.2, 0.25) is 5.02 Å². The minimum atomic E-state index is -4.45. The van der Waals surface area contributed by atoms with Crippen molar-refractivity contribution in [1.82, 2.24) is 39.6 Å². The molecule has 4 rings (SSSR count). The highest BCUT2D eigenvalue weighted by atomic mass is 35.5. The van der Waals surface area contributed by atoms with Gasteiger partial charge < -0.3 is 34.4 Å². The maximum absolute atomic E-state index is 12.9. The van der Waals surface area contributed by atoms with Crippen LogP contribution in [-0.4, -0.2) is 41.1 Å². The predicted octanol–water partition coefficient (Wildman–Crippen LogP) is 7.02. The summed E-state index contributed by atoms with van der Waals surface area (Å²) in [4.78, 5) is 18.1. The van der Waals surface area contributed by atoms with Crippen LogP contribution in [-0.2, 0) is 6.18 Å². The van der Waals surface area contributed by atoms with Crippen LogP contribution in [0.5, 0.6) is 0 Å². The van der Waals surface area contributed by atoms with Gasteiger partial charge in [0.2, 0.25) is 17.8 Å². The third-order valence-electron chi connectivity index (χ3n) is 5.49. The van der Waals surface area contributed by atoms with Gasteiger partial charge in [-0.15, -0.1) is 12.4 Å². The molecule has 0 saturated carbocycles. The van der Waals surface area contributed by atoms with Crippen molar-refractivity contribution in [3.8, 4) is 0 Å². The second-order valence-electron chi connectivity index (χ2n) is 7.80. The molecule has 3 heterocycles. The Kier molecular flexibility index (Phi) is 15.6. The lowest BCUT2D eigenvalue weighted by Gasteiger charge is -2.30. The lowest BCUT2D eigenvalue weighted by molar-refractivity contribution is -0.137. The summed E-state index contributed by atoms with van der Waals surface area (Å²) >= 11 is 6.04. The molecule has 0 spiro atoms. The first-order valence-corrected chi connectivity index (χ1v) is 10.9. The van der Waals surface area contributed by atoms with E-state index in [4.69, 9.17) is 16.6 Å². The van der Waals surface area contributed by atoms with Gasteiger partial charge in [0.15, 0.2) is 0 Å². The van der Waals surface area contributed by atoms with Gasteiger partial charge in [0.05, 0.1) is 16.3 Å². The van der Waals surface area contributed by atoms with Crippen molar-refractivity contribution >= 4 is 47.5 Å². The number of halogens is 5. The zero-order valence-corrected chi connectivity index (χ0v) is 21.9. The summed E-state index contributed by atoms with van der Waals surface area (Å²) in [7, 11) is 0. The van der Waals surface area contributed by atoms with E-state index in [1.165, 1.54) is 18.9 Å². The van der Waals surface area contributed by atoms with Crippen LogP contribution < -0.4 is 45.3 Å². The molecule has 216 valence electrons. The number of rotatable bonds is 5. The third kappa shape index (κ3) is 8.94. The van der Waals surface area contributed by atoms with Crippen molar-refractivity contribution in [1.29, 1.82) is 0 Å². The van der Waals surface area contributed by atoms with Crippen molar-refractivity contribution < 1.29 is 18.9 Å². The molecule has 11 nitrogen and oxygen atoms in total. The van der Waals surface area contributed by atoms with Crippen LogP contribution in [0, 0.1) is 0 Å². The zero-order chi connectivity index (χ0) is 21.8. The van der Waals surface area contributed by atoms with Crippen molar-refractivity contribution in [3.63, 3.8) is 0 Å². The number of hydrogen-bond donors (Lipinski definition) is 6. The second kappa shape index (κ2) is 15.7. The summed E-state index contributed by atoms with van der Waals surface area (Å²) in [5, 5.41) is -0.0520. The van der Waals surface area contributed by atoms with Crippen molar-refractivity contribution in [2.45, 2.75) is 44.7 Å². The molecule has 2 fully saturated rings. The summed E-state index contributed by atoms with van der Waals surface area (Å²) in [6, 6.07) is 3.13. The number of aromatic nitrogens is 3. The fourth-order valence-electron chi connectivity index (χ4n) is 3.80. The lowest BCUT2D eigenvalue weighted by atomic mass is 10.1. The van der Waals surface area contributed by atoms with Gasteiger partial charge in [0, 0.05) is 31.9 Å². The Bertz CT molecular complexity index is 891. The van der Waals surface area contributed by atoms with E-state index in [-0.39, 0.29) is 47.7 Å². The lowest BCUT2D eigenvalue weighted by Crippen LogP contribution is -2.34. The number of nitrogens with one attached hydrogen (secondary N) is 2. The number of piperidine rings is 2. The molecule has 14 N–H and O–H groups in total. The Hall–Kier alpha value is -2.36. The van der Waals surface area contributed by atoms with Crippen LogP contribution in [0.1, 0.15) is 49.8 Å². The summed E-state index contributed by atoms with van der Waals surface area (Å²) in [5.41, 5.74) is 5.21. The van der Waals surface area contributed by atoms with E-state index in [9.17, 15) is 13.2 Å². The van der Waals surface area contributed by atoms with Gasteiger partial charge in [-0.2, -0.15) is 28.1 Å². The smallest absolute Gasteiger partial charge is 0.344 e. The Morgan fingerprint density at radius 1 is 0.750 bits per heavy atom. The van der Waals surface area contributed by atoms with Gasteiger partial charge in [0.25, 0.3) is 0 Å². The maximum atomic E-state index is 12.9.